The summed E-state index contributed by atoms with van der Waals surface area (Å²) in [4.78, 5) is 0. The second kappa shape index (κ2) is 4.33. The van der Waals surface area contributed by atoms with E-state index in [1.165, 1.54) is 11.8 Å². The van der Waals surface area contributed by atoms with E-state index in [4.69, 9.17) is 18.0 Å². The molecule has 0 saturated heterocycles. The molecule has 0 atom stereocenters. The van der Waals surface area contributed by atoms with E-state index in [1.54, 1.807) is 0 Å². The van der Waals surface area contributed by atoms with Crippen molar-refractivity contribution in [2.45, 2.75) is 0 Å². The number of thiocarbonyl (C=S) groups is 1. The third kappa shape index (κ3) is 2.71. The number of nitrogens with one attached hydrogen (secondary N) is 1. The van der Waals surface area contributed by atoms with Crippen molar-refractivity contribution in [3.63, 3.8) is 0 Å². The highest BCUT2D eigenvalue weighted by atomic mass is 32.2. The van der Waals surface area contributed by atoms with Gasteiger partial charge in [0.1, 0.15) is 4.32 Å². The highest BCUT2D eigenvalue weighted by Gasteiger charge is 1.93. The summed E-state index contributed by atoms with van der Waals surface area (Å²) in [6.45, 7) is 0. The van der Waals surface area contributed by atoms with Gasteiger partial charge in [-0.1, -0.05) is 12.2 Å². The van der Waals surface area contributed by atoms with Gasteiger partial charge >= 0.3 is 0 Å². The smallest absolute Gasteiger partial charge is 0.137 e. The minimum absolute atomic E-state index is 0.760. The van der Waals surface area contributed by atoms with E-state index in [-0.39, 0.29) is 0 Å². The van der Waals surface area contributed by atoms with E-state index in [0.29, 0.717) is 0 Å². The summed E-state index contributed by atoms with van der Waals surface area (Å²) in [7, 11) is 0. The lowest BCUT2D eigenvalue weighted by Gasteiger charge is -2.04. The van der Waals surface area contributed by atoms with Gasteiger partial charge in [0, 0.05) is 11.4 Å². The van der Waals surface area contributed by atoms with Crippen LogP contribution in [0, 0.1) is 0 Å². The Balaban J connectivity index is 2.64. The van der Waals surface area contributed by atoms with Crippen molar-refractivity contribution in [1.82, 2.24) is 0 Å². The zero-order valence-electron chi connectivity index (χ0n) is 6.70. The topological polar surface area (TPSA) is 38.0 Å². The Kier molecular flexibility index (Phi) is 3.37. The van der Waals surface area contributed by atoms with E-state index in [9.17, 15) is 0 Å². The van der Waals surface area contributed by atoms with E-state index >= 15 is 0 Å². The molecule has 0 aliphatic carbocycles. The summed E-state index contributed by atoms with van der Waals surface area (Å²) in [5.41, 5.74) is 7.26. The zero-order valence-corrected chi connectivity index (χ0v) is 8.34. The lowest BCUT2D eigenvalue weighted by molar-refractivity contribution is 1.65. The van der Waals surface area contributed by atoms with Crippen LogP contribution < -0.4 is 11.1 Å². The van der Waals surface area contributed by atoms with Gasteiger partial charge in [-0.25, -0.2) is 0 Å². The number of rotatable bonds is 1. The van der Waals surface area contributed by atoms with Gasteiger partial charge in [0.05, 0.1) is 0 Å². The molecular formula is C8H10N2S2. The molecule has 2 nitrogen and oxygen atoms in total. The van der Waals surface area contributed by atoms with E-state index in [1.807, 2.05) is 30.5 Å². The van der Waals surface area contributed by atoms with Crippen LogP contribution >= 0.6 is 24.0 Å². The number of hydrogen-bond acceptors (Lipinski definition) is 3. The van der Waals surface area contributed by atoms with Crippen LogP contribution in [0.15, 0.2) is 24.3 Å². The van der Waals surface area contributed by atoms with Crippen LogP contribution in [0.2, 0.25) is 0 Å². The molecule has 3 N–H and O–H groups in total. The number of nitrogen functional groups attached to an aromatic ring is 1. The third-order valence-electron chi connectivity index (χ3n) is 1.34. The van der Waals surface area contributed by atoms with Gasteiger partial charge in [-0.05, 0) is 30.5 Å². The lowest BCUT2D eigenvalue weighted by Crippen LogP contribution is -2.03. The minimum atomic E-state index is 0.760. The summed E-state index contributed by atoms with van der Waals surface area (Å²) >= 11 is 6.50. The molecule has 64 valence electrons. The first-order valence-corrected chi connectivity index (χ1v) is 5.06. The maximum atomic E-state index is 5.52. The van der Waals surface area contributed by atoms with Crippen molar-refractivity contribution in [3.05, 3.63) is 24.3 Å². The quantitative estimate of drug-likeness (QED) is 0.536. The van der Waals surface area contributed by atoms with E-state index < -0.39 is 0 Å². The third-order valence-corrected chi connectivity index (χ3v) is 2.42. The Hall–Kier alpha value is -0.740. The summed E-state index contributed by atoms with van der Waals surface area (Å²) in [6, 6.07) is 7.48. The standard InChI is InChI=1S/C8H10N2S2/c1-12-8(11)10-7-4-2-6(9)3-5-7/h2-5H,9H2,1H3,(H,10,11). The highest BCUT2D eigenvalue weighted by Crippen LogP contribution is 2.12. The fraction of sp³-hybridized carbons (Fsp3) is 0.125. The molecule has 0 fully saturated rings. The molecule has 0 spiro atoms. The molecule has 1 aromatic rings. The van der Waals surface area contributed by atoms with Crippen molar-refractivity contribution < 1.29 is 0 Å². The molecule has 0 heterocycles. The van der Waals surface area contributed by atoms with Crippen LogP contribution in [0.3, 0.4) is 0 Å². The molecule has 0 saturated carbocycles. The minimum Gasteiger partial charge on any atom is -0.399 e. The summed E-state index contributed by atoms with van der Waals surface area (Å²) < 4.78 is 0.764. The Morgan fingerprint density at radius 3 is 2.50 bits per heavy atom. The summed E-state index contributed by atoms with van der Waals surface area (Å²) in [5, 5.41) is 3.06. The van der Waals surface area contributed by atoms with Crippen molar-refractivity contribution in [2.24, 2.45) is 0 Å². The molecule has 0 aromatic heterocycles. The van der Waals surface area contributed by atoms with Crippen molar-refractivity contribution in [1.29, 1.82) is 0 Å². The van der Waals surface area contributed by atoms with Crippen molar-refractivity contribution in [3.8, 4) is 0 Å². The lowest BCUT2D eigenvalue weighted by atomic mass is 10.3. The molecule has 1 aromatic carbocycles. The van der Waals surface area contributed by atoms with Crippen LogP contribution in [-0.4, -0.2) is 10.6 Å². The number of nitrogens with two attached hydrogens (primary N) is 1. The van der Waals surface area contributed by atoms with Gasteiger partial charge in [-0.3, -0.25) is 0 Å². The molecule has 0 radical (unpaired) electrons. The van der Waals surface area contributed by atoms with Crippen molar-refractivity contribution >= 4 is 39.7 Å². The predicted molar refractivity (Wildman–Crippen MR) is 60.6 cm³/mol. The van der Waals surface area contributed by atoms with Crippen LogP contribution in [0.25, 0.3) is 0 Å². The van der Waals surface area contributed by atoms with Gasteiger partial charge in [-0.2, -0.15) is 0 Å². The van der Waals surface area contributed by atoms with Gasteiger partial charge in [0.2, 0.25) is 0 Å². The Bertz CT molecular complexity index is 269. The van der Waals surface area contributed by atoms with Crippen LogP contribution in [0.5, 0.6) is 0 Å². The largest absolute Gasteiger partial charge is 0.399 e. The molecule has 0 bridgehead atoms. The first kappa shape index (κ1) is 9.35. The molecule has 4 heteroatoms. The zero-order chi connectivity index (χ0) is 8.97. The SMILES string of the molecule is CSC(=S)Nc1ccc(N)cc1. The Labute approximate surface area is 81.5 Å². The van der Waals surface area contributed by atoms with E-state index in [2.05, 4.69) is 5.32 Å². The summed E-state index contributed by atoms with van der Waals surface area (Å²) in [6.07, 6.45) is 1.94. The Morgan fingerprint density at radius 2 is 2.00 bits per heavy atom. The van der Waals surface area contributed by atoms with E-state index in [0.717, 1.165) is 15.7 Å². The summed E-state index contributed by atoms with van der Waals surface area (Å²) in [5.74, 6) is 0. The first-order chi connectivity index (χ1) is 5.72. The molecule has 0 unspecified atom stereocenters. The monoisotopic (exact) mass is 198 g/mol. The highest BCUT2D eigenvalue weighted by molar-refractivity contribution is 8.22. The first-order valence-electron chi connectivity index (χ1n) is 3.43. The fourth-order valence-electron chi connectivity index (χ4n) is 0.735. The average molecular weight is 198 g/mol. The molecule has 0 aliphatic rings. The average Bonchev–Trinajstić information content (AvgIpc) is 2.09. The fourth-order valence-corrected chi connectivity index (χ4v) is 1.07. The van der Waals surface area contributed by atoms with Gasteiger partial charge in [0.25, 0.3) is 0 Å². The number of anilines is 2. The van der Waals surface area contributed by atoms with Crippen molar-refractivity contribution in [2.75, 3.05) is 17.3 Å². The number of benzene rings is 1. The maximum absolute atomic E-state index is 5.52. The number of hydrogen-bond donors (Lipinski definition) is 2. The molecule has 0 aliphatic heterocycles. The maximum Gasteiger partial charge on any atom is 0.137 e. The van der Waals surface area contributed by atoms with Gasteiger partial charge < -0.3 is 11.1 Å². The van der Waals surface area contributed by atoms with Gasteiger partial charge in [-0.15, -0.1) is 11.8 Å². The second-order valence-corrected chi connectivity index (χ2v) is 3.72. The molecule has 1 rings (SSSR count). The van der Waals surface area contributed by atoms with Gasteiger partial charge in [0.15, 0.2) is 0 Å². The van der Waals surface area contributed by atoms with Crippen LogP contribution in [0.4, 0.5) is 11.4 Å². The van der Waals surface area contributed by atoms with Crippen LogP contribution in [-0.2, 0) is 0 Å². The molecule has 0 amide bonds. The van der Waals surface area contributed by atoms with Crippen LogP contribution in [0.1, 0.15) is 0 Å². The number of thioether (sulfide) groups is 1. The second-order valence-electron chi connectivity index (χ2n) is 2.24. The Morgan fingerprint density at radius 1 is 1.42 bits per heavy atom. The predicted octanol–water partition coefficient (Wildman–Crippen LogP) is 2.33. The molecular weight excluding hydrogens is 188 g/mol. The molecule has 12 heavy (non-hydrogen) atoms. The normalized spacial score (nSPS) is 9.42.